The first-order valence-electron chi connectivity index (χ1n) is 7.88. The molecule has 0 fully saturated rings. The summed E-state index contributed by atoms with van der Waals surface area (Å²) in [6.45, 7) is 0.684. The molecule has 2 aromatic carbocycles. The van der Waals surface area contributed by atoms with Crippen LogP contribution in [0.25, 0.3) is 0 Å². The second-order valence-electron chi connectivity index (χ2n) is 5.33. The second kappa shape index (κ2) is 9.56. The van der Waals surface area contributed by atoms with Crippen LogP contribution in [0.2, 0.25) is 0 Å². The van der Waals surface area contributed by atoms with E-state index >= 15 is 0 Å². The number of hydrogen-bond donors (Lipinski definition) is 1. The van der Waals surface area contributed by atoms with Gasteiger partial charge in [0, 0.05) is 6.54 Å². The molecule has 2 N–H and O–H groups in total. The van der Waals surface area contributed by atoms with Crippen molar-refractivity contribution in [3.8, 4) is 11.8 Å². The average Bonchev–Trinajstić information content (AvgIpc) is 3.24. The zero-order valence-corrected chi connectivity index (χ0v) is 15.0. The molecule has 3 aromatic rings. The van der Waals surface area contributed by atoms with E-state index in [0.717, 1.165) is 17.7 Å². The summed E-state index contributed by atoms with van der Waals surface area (Å²) in [6, 6.07) is 17.0. The molecule has 10 heteroatoms. The van der Waals surface area contributed by atoms with Crippen LogP contribution in [0.1, 0.15) is 11.1 Å². The third-order valence-electron chi connectivity index (χ3n) is 3.71. The SMILES string of the molecule is N#Cc1ccc(N(CCc2ccc(OSOON)cc2)n2cnnc2)cc1. The minimum atomic E-state index is 0.611. The van der Waals surface area contributed by atoms with Crippen LogP contribution in [0.15, 0.2) is 61.2 Å². The van der Waals surface area contributed by atoms with Crippen molar-refractivity contribution >= 4 is 18.0 Å². The van der Waals surface area contributed by atoms with E-state index in [0.29, 0.717) is 30.2 Å². The Morgan fingerprint density at radius 2 is 1.78 bits per heavy atom. The lowest BCUT2D eigenvalue weighted by atomic mass is 10.1. The molecule has 1 heterocycles. The Kier molecular flexibility index (Phi) is 6.61. The van der Waals surface area contributed by atoms with Crippen LogP contribution in [-0.4, -0.2) is 21.4 Å². The van der Waals surface area contributed by atoms with Gasteiger partial charge in [-0.3, -0.25) is 5.01 Å². The van der Waals surface area contributed by atoms with Gasteiger partial charge in [-0.05, 0) is 48.4 Å². The number of hydrogen-bond acceptors (Lipinski definition) is 9. The van der Waals surface area contributed by atoms with Crippen molar-refractivity contribution in [3.63, 3.8) is 0 Å². The summed E-state index contributed by atoms with van der Waals surface area (Å²) in [5.41, 5.74) is 2.67. The molecular weight excluding hydrogens is 368 g/mol. The van der Waals surface area contributed by atoms with Gasteiger partial charge >= 0.3 is 0 Å². The van der Waals surface area contributed by atoms with Crippen LogP contribution < -0.4 is 15.1 Å². The first kappa shape index (κ1) is 18.7. The van der Waals surface area contributed by atoms with Gasteiger partial charge < -0.3 is 4.18 Å². The third kappa shape index (κ3) is 5.19. The van der Waals surface area contributed by atoms with Crippen molar-refractivity contribution < 1.29 is 13.5 Å². The molecular formula is C17H16N6O3S. The Labute approximate surface area is 160 Å². The van der Waals surface area contributed by atoms with Gasteiger partial charge in [-0.25, -0.2) is 4.68 Å². The minimum absolute atomic E-state index is 0.611. The summed E-state index contributed by atoms with van der Waals surface area (Å²) < 4.78 is 11.4. The molecule has 0 saturated carbocycles. The maximum absolute atomic E-state index is 8.97. The summed E-state index contributed by atoms with van der Waals surface area (Å²) in [7, 11) is 0. The zero-order valence-electron chi connectivity index (χ0n) is 14.1. The molecule has 0 aliphatic carbocycles. The van der Waals surface area contributed by atoms with E-state index in [2.05, 4.69) is 25.6 Å². The monoisotopic (exact) mass is 384 g/mol. The highest BCUT2D eigenvalue weighted by Crippen LogP contribution is 2.20. The van der Waals surface area contributed by atoms with E-state index in [4.69, 9.17) is 15.3 Å². The molecule has 0 bridgehead atoms. The number of rotatable bonds is 9. The lowest BCUT2D eigenvalue weighted by Gasteiger charge is -2.25. The van der Waals surface area contributed by atoms with Gasteiger partial charge in [0.15, 0.2) is 0 Å². The van der Waals surface area contributed by atoms with Crippen molar-refractivity contribution in [1.29, 1.82) is 5.26 Å². The number of nitrogens with two attached hydrogens (primary N) is 1. The molecule has 0 amide bonds. The van der Waals surface area contributed by atoms with E-state index in [9.17, 15) is 0 Å². The number of anilines is 1. The van der Waals surface area contributed by atoms with E-state index in [1.54, 1.807) is 29.5 Å². The van der Waals surface area contributed by atoms with Crippen molar-refractivity contribution in [2.45, 2.75) is 6.42 Å². The fourth-order valence-electron chi connectivity index (χ4n) is 2.42. The summed E-state index contributed by atoms with van der Waals surface area (Å²) >= 11 is 0.633. The van der Waals surface area contributed by atoms with Crippen molar-refractivity contribution in [3.05, 3.63) is 72.3 Å². The number of nitriles is 1. The number of nitrogens with zero attached hydrogens (tertiary/aromatic N) is 5. The Morgan fingerprint density at radius 3 is 2.41 bits per heavy atom. The fraction of sp³-hybridized carbons (Fsp3) is 0.118. The van der Waals surface area contributed by atoms with Crippen LogP contribution in [-0.2, 0) is 15.7 Å². The van der Waals surface area contributed by atoms with Crippen LogP contribution in [0.5, 0.6) is 5.75 Å². The Balaban J connectivity index is 1.67. The first-order chi connectivity index (χ1) is 13.3. The molecule has 0 unspecified atom stereocenters. The predicted molar refractivity (Wildman–Crippen MR) is 98.6 cm³/mol. The molecule has 0 aliphatic heterocycles. The van der Waals surface area contributed by atoms with Crippen molar-refractivity contribution in [2.75, 3.05) is 11.6 Å². The van der Waals surface area contributed by atoms with Gasteiger partial charge in [0.1, 0.15) is 18.4 Å². The highest BCUT2D eigenvalue weighted by molar-refractivity contribution is 7.90. The first-order valence-corrected chi connectivity index (χ1v) is 8.55. The molecule has 1 aromatic heterocycles. The zero-order chi connectivity index (χ0) is 18.9. The largest absolute Gasteiger partial charge is 0.399 e. The van der Waals surface area contributed by atoms with Gasteiger partial charge in [0.05, 0.1) is 17.3 Å². The van der Waals surface area contributed by atoms with Gasteiger partial charge in [-0.15, -0.1) is 19.5 Å². The molecule has 0 atom stereocenters. The Hall–Kier alpha value is -3.10. The van der Waals surface area contributed by atoms with E-state index < -0.39 is 0 Å². The lowest BCUT2D eigenvalue weighted by molar-refractivity contribution is -0.199. The molecule has 27 heavy (non-hydrogen) atoms. The lowest BCUT2D eigenvalue weighted by Crippen LogP contribution is -2.30. The maximum Gasteiger partial charge on any atom is 0.260 e. The highest BCUT2D eigenvalue weighted by Gasteiger charge is 2.10. The summed E-state index contributed by atoms with van der Waals surface area (Å²) in [4.78, 5) is 3.95. The van der Waals surface area contributed by atoms with Gasteiger partial charge in [-0.2, -0.15) is 11.2 Å². The normalized spacial score (nSPS) is 10.4. The topological polar surface area (TPSA) is 111 Å². The quantitative estimate of drug-likeness (QED) is 0.257. The highest BCUT2D eigenvalue weighted by atomic mass is 32.2. The van der Waals surface area contributed by atoms with Crippen molar-refractivity contribution in [2.24, 2.45) is 5.90 Å². The van der Waals surface area contributed by atoms with Crippen LogP contribution in [0.4, 0.5) is 5.69 Å². The van der Waals surface area contributed by atoms with Crippen LogP contribution >= 0.6 is 12.3 Å². The Morgan fingerprint density at radius 1 is 1.07 bits per heavy atom. The predicted octanol–water partition coefficient (Wildman–Crippen LogP) is 2.43. The third-order valence-corrected chi connectivity index (χ3v) is 4.11. The summed E-state index contributed by atoms with van der Waals surface area (Å²) in [6.07, 6.45) is 4.03. The molecule has 0 spiro atoms. The van der Waals surface area contributed by atoms with Gasteiger partial charge in [-0.1, -0.05) is 12.1 Å². The standard InChI is InChI=1S/C17H16N6O3S/c18-11-15-1-5-16(6-2-15)23(22-12-20-21-13-22)10-9-14-3-7-17(8-4-14)24-27-26-25-19/h1-8,12-13H,9-10,19H2. The summed E-state index contributed by atoms with van der Waals surface area (Å²) in [5, 5.41) is 18.7. The maximum atomic E-state index is 8.97. The summed E-state index contributed by atoms with van der Waals surface area (Å²) in [5.74, 6) is 5.35. The van der Waals surface area contributed by atoms with Gasteiger partial charge in [0.2, 0.25) is 0 Å². The molecule has 0 saturated heterocycles. The molecule has 3 rings (SSSR count). The number of benzene rings is 2. The van der Waals surface area contributed by atoms with Crippen molar-refractivity contribution in [1.82, 2.24) is 14.9 Å². The van der Waals surface area contributed by atoms with Crippen LogP contribution in [0.3, 0.4) is 0 Å². The molecule has 138 valence electrons. The average molecular weight is 384 g/mol. The van der Waals surface area contributed by atoms with E-state index in [1.165, 1.54) is 0 Å². The van der Waals surface area contributed by atoms with Gasteiger partial charge in [0.25, 0.3) is 12.3 Å². The van der Waals surface area contributed by atoms with Crippen LogP contribution in [0, 0.1) is 11.3 Å². The number of aromatic nitrogens is 3. The second-order valence-corrected chi connectivity index (χ2v) is 5.77. The molecule has 9 nitrogen and oxygen atoms in total. The fourth-order valence-corrected chi connectivity index (χ4v) is 2.67. The molecule has 0 radical (unpaired) electrons. The van der Waals surface area contributed by atoms with E-state index in [-0.39, 0.29) is 0 Å². The molecule has 0 aliphatic rings. The van der Waals surface area contributed by atoms with E-state index in [1.807, 2.05) is 41.4 Å². The minimum Gasteiger partial charge on any atom is -0.399 e. The smallest absolute Gasteiger partial charge is 0.260 e. The Bertz CT molecular complexity index is 865.